The van der Waals surface area contributed by atoms with Crippen LogP contribution >= 0.6 is 0 Å². The summed E-state index contributed by atoms with van der Waals surface area (Å²) < 4.78 is 33.7. The van der Waals surface area contributed by atoms with Crippen LogP contribution in [0.1, 0.15) is 24.8 Å². The maximum absolute atomic E-state index is 12.2. The van der Waals surface area contributed by atoms with Crippen LogP contribution in [0.4, 0.5) is 5.69 Å². The molecule has 1 aromatic rings. The van der Waals surface area contributed by atoms with Crippen molar-refractivity contribution in [2.24, 2.45) is 0 Å². The Kier molecular flexibility index (Phi) is 4.85. The number of nitrogens with two attached hydrogens (primary N) is 1. The topological polar surface area (TPSA) is 84.7 Å². The molecule has 0 radical (unpaired) electrons. The molecule has 2 rings (SSSR count). The number of nitrogens with one attached hydrogen (secondary N) is 1. The summed E-state index contributed by atoms with van der Waals surface area (Å²) in [5, 5.41) is 0. The second kappa shape index (κ2) is 6.43. The van der Waals surface area contributed by atoms with E-state index in [1.54, 1.807) is 25.3 Å². The van der Waals surface area contributed by atoms with Crippen LogP contribution in [0.25, 0.3) is 0 Å². The maximum atomic E-state index is 12.2. The Bertz CT molecular complexity index is 554. The Hall–Kier alpha value is -1.31. The summed E-state index contributed by atoms with van der Waals surface area (Å²) in [6.45, 7) is 1.35. The normalized spacial score (nSPS) is 17.1. The molecule has 1 heterocycles. The molecule has 1 aliphatic heterocycles. The first kappa shape index (κ1) is 15.1. The monoisotopic (exact) mass is 299 g/mol. The van der Waals surface area contributed by atoms with Gasteiger partial charge in [0.2, 0.25) is 0 Å². The number of nitrogen functional groups attached to an aromatic ring is 1. The van der Waals surface area contributed by atoms with Gasteiger partial charge in [-0.2, -0.15) is 17.4 Å². The van der Waals surface area contributed by atoms with Crippen LogP contribution in [0.15, 0.2) is 18.2 Å². The van der Waals surface area contributed by atoms with Crippen LogP contribution in [0.2, 0.25) is 0 Å². The fourth-order valence-electron chi connectivity index (χ4n) is 2.30. The first-order valence-corrected chi connectivity index (χ1v) is 8.14. The second-order valence-corrected chi connectivity index (χ2v) is 6.61. The summed E-state index contributed by atoms with van der Waals surface area (Å²) in [5.41, 5.74) is 7.03. The smallest absolute Gasteiger partial charge is 0.279 e. The van der Waals surface area contributed by atoms with Crippen LogP contribution in [0.5, 0.6) is 5.75 Å². The predicted octanol–water partition coefficient (Wildman–Crippen LogP) is 1.10. The molecular weight excluding hydrogens is 278 g/mol. The number of benzene rings is 1. The van der Waals surface area contributed by atoms with E-state index in [0.29, 0.717) is 24.5 Å². The van der Waals surface area contributed by atoms with E-state index in [4.69, 9.17) is 10.5 Å². The summed E-state index contributed by atoms with van der Waals surface area (Å²) in [7, 11) is -1.88. The highest BCUT2D eigenvalue weighted by atomic mass is 32.2. The Balaban J connectivity index is 2.05. The molecule has 6 nitrogen and oxygen atoms in total. The van der Waals surface area contributed by atoms with E-state index >= 15 is 0 Å². The van der Waals surface area contributed by atoms with Gasteiger partial charge in [0, 0.05) is 30.9 Å². The molecule has 20 heavy (non-hydrogen) atoms. The first-order chi connectivity index (χ1) is 9.53. The lowest BCUT2D eigenvalue weighted by molar-refractivity contribution is 0.341. The standard InChI is InChI=1S/C13H21N3O3S/c1-19-13-6-5-12(14)9-11(13)10-15-20(17,18)16-7-3-2-4-8-16/h5-6,9,15H,2-4,7-8,10,14H2,1H3. The van der Waals surface area contributed by atoms with Crippen molar-refractivity contribution in [2.75, 3.05) is 25.9 Å². The molecule has 0 amide bonds. The van der Waals surface area contributed by atoms with Crippen molar-refractivity contribution in [3.05, 3.63) is 23.8 Å². The Morgan fingerprint density at radius 3 is 2.65 bits per heavy atom. The van der Waals surface area contributed by atoms with Gasteiger partial charge >= 0.3 is 0 Å². The van der Waals surface area contributed by atoms with E-state index < -0.39 is 10.2 Å². The van der Waals surface area contributed by atoms with Gasteiger partial charge in [0.1, 0.15) is 5.75 Å². The SMILES string of the molecule is COc1ccc(N)cc1CNS(=O)(=O)N1CCCCC1. The molecule has 1 fully saturated rings. The molecule has 1 aromatic carbocycles. The van der Waals surface area contributed by atoms with Crippen molar-refractivity contribution in [3.8, 4) is 5.75 Å². The molecule has 0 unspecified atom stereocenters. The van der Waals surface area contributed by atoms with E-state index in [1.807, 2.05) is 0 Å². The van der Waals surface area contributed by atoms with Crippen molar-refractivity contribution in [1.29, 1.82) is 0 Å². The zero-order chi connectivity index (χ0) is 14.6. The van der Waals surface area contributed by atoms with E-state index in [9.17, 15) is 8.42 Å². The summed E-state index contributed by atoms with van der Waals surface area (Å²) in [4.78, 5) is 0. The Morgan fingerprint density at radius 2 is 2.00 bits per heavy atom. The largest absolute Gasteiger partial charge is 0.496 e. The van der Waals surface area contributed by atoms with Gasteiger partial charge < -0.3 is 10.5 Å². The van der Waals surface area contributed by atoms with Crippen LogP contribution < -0.4 is 15.2 Å². The average molecular weight is 299 g/mol. The zero-order valence-corrected chi connectivity index (χ0v) is 12.4. The van der Waals surface area contributed by atoms with Crippen molar-refractivity contribution >= 4 is 15.9 Å². The van der Waals surface area contributed by atoms with Gasteiger partial charge in [-0.15, -0.1) is 0 Å². The second-order valence-electron chi connectivity index (χ2n) is 4.86. The highest BCUT2D eigenvalue weighted by Crippen LogP contribution is 2.21. The number of hydrogen-bond acceptors (Lipinski definition) is 4. The zero-order valence-electron chi connectivity index (χ0n) is 11.6. The first-order valence-electron chi connectivity index (χ1n) is 6.70. The number of methoxy groups -OCH3 is 1. The highest BCUT2D eigenvalue weighted by Gasteiger charge is 2.23. The van der Waals surface area contributed by atoms with Gasteiger partial charge in [0.25, 0.3) is 10.2 Å². The fraction of sp³-hybridized carbons (Fsp3) is 0.538. The summed E-state index contributed by atoms with van der Waals surface area (Å²) in [6, 6.07) is 5.18. The highest BCUT2D eigenvalue weighted by molar-refractivity contribution is 7.87. The van der Waals surface area contributed by atoms with Gasteiger partial charge in [-0.05, 0) is 31.0 Å². The third-order valence-electron chi connectivity index (χ3n) is 3.40. The molecule has 1 aliphatic rings. The number of anilines is 1. The lowest BCUT2D eigenvalue weighted by Crippen LogP contribution is -2.43. The van der Waals surface area contributed by atoms with Crippen LogP contribution in [0, 0.1) is 0 Å². The van der Waals surface area contributed by atoms with Gasteiger partial charge in [-0.3, -0.25) is 0 Å². The summed E-state index contributed by atoms with van der Waals surface area (Å²) in [5.74, 6) is 0.626. The quantitative estimate of drug-likeness (QED) is 0.797. The van der Waals surface area contributed by atoms with E-state index in [0.717, 1.165) is 24.8 Å². The molecule has 0 bridgehead atoms. The van der Waals surface area contributed by atoms with Crippen LogP contribution in [-0.4, -0.2) is 32.9 Å². The predicted molar refractivity (Wildman–Crippen MR) is 78.6 cm³/mol. The Labute approximate surface area is 120 Å². The number of hydrogen-bond donors (Lipinski definition) is 2. The van der Waals surface area contributed by atoms with Gasteiger partial charge in [-0.1, -0.05) is 6.42 Å². The van der Waals surface area contributed by atoms with Crippen LogP contribution in [0.3, 0.4) is 0 Å². The lowest BCUT2D eigenvalue weighted by Gasteiger charge is -2.26. The molecule has 1 saturated heterocycles. The minimum absolute atomic E-state index is 0.174. The number of piperidine rings is 1. The molecule has 3 N–H and O–H groups in total. The minimum Gasteiger partial charge on any atom is -0.496 e. The van der Waals surface area contributed by atoms with Crippen molar-refractivity contribution in [3.63, 3.8) is 0 Å². The lowest BCUT2D eigenvalue weighted by atomic mass is 10.2. The summed E-state index contributed by atoms with van der Waals surface area (Å²) in [6.07, 6.45) is 2.93. The van der Waals surface area contributed by atoms with E-state index in [1.165, 1.54) is 4.31 Å². The van der Waals surface area contributed by atoms with E-state index in [-0.39, 0.29) is 6.54 Å². The molecule has 7 heteroatoms. The van der Waals surface area contributed by atoms with Crippen molar-refractivity contribution in [2.45, 2.75) is 25.8 Å². The third-order valence-corrected chi connectivity index (χ3v) is 4.96. The molecule has 0 aromatic heterocycles. The fourth-order valence-corrected chi connectivity index (χ4v) is 3.56. The third kappa shape index (κ3) is 3.62. The van der Waals surface area contributed by atoms with Gasteiger partial charge in [0.05, 0.1) is 7.11 Å². The summed E-state index contributed by atoms with van der Waals surface area (Å²) >= 11 is 0. The molecular formula is C13H21N3O3S. The molecule has 0 aliphatic carbocycles. The number of rotatable bonds is 5. The number of nitrogens with zero attached hydrogens (tertiary/aromatic N) is 1. The Morgan fingerprint density at radius 1 is 1.30 bits per heavy atom. The molecule has 112 valence electrons. The van der Waals surface area contributed by atoms with Gasteiger partial charge in [0.15, 0.2) is 0 Å². The molecule has 0 spiro atoms. The number of ether oxygens (including phenoxy) is 1. The maximum Gasteiger partial charge on any atom is 0.279 e. The van der Waals surface area contributed by atoms with Crippen molar-refractivity contribution in [1.82, 2.24) is 9.03 Å². The van der Waals surface area contributed by atoms with E-state index in [2.05, 4.69) is 4.72 Å². The minimum atomic E-state index is -3.43. The molecule has 0 atom stereocenters. The van der Waals surface area contributed by atoms with Crippen LogP contribution in [-0.2, 0) is 16.8 Å². The average Bonchev–Trinajstić information content (AvgIpc) is 2.46. The van der Waals surface area contributed by atoms with Gasteiger partial charge in [-0.25, -0.2) is 0 Å². The van der Waals surface area contributed by atoms with Crippen molar-refractivity contribution < 1.29 is 13.2 Å². The molecule has 0 saturated carbocycles.